The van der Waals surface area contributed by atoms with Gasteiger partial charge in [0.1, 0.15) is 5.82 Å². The molecule has 0 aliphatic rings. The van der Waals surface area contributed by atoms with E-state index in [0.29, 0.717) is 6.42 Å². The third kappa shape index (κ3) is 3.81. The quantitative estimate of drug-likeness (QED) is 0.873. The first-order valence-corrected chi connectivity index (χ1v) is 6.71. The smallest absolute Gasteiger partial charge is 0.123 e. The Kier molecular flexibility index (Phi) is 4.40. The summed E-state index contributed by atoms with van der Waals surface area (Å²) in [5.41, 5.74) is 2.65. The number of halogens is 1. The summed E-state index contributed by atoms with van der Waals surface area (Å²) in [5.74, 6) is -0.244. The van der Waals surface area contributed by atoms with Gasteiger partial charge in [0.05, 0.1) is 12.1 Å². The van der Waals surface area contributed by atoms with Gasteiger partial charge < -0.3 is 10.4 Å². The highest BCUT2D eigenvalue weighted by Gasteiger charge is 2.23. The van der Waals surface area contributed by atoms with Crippen molar-refractivity contribution in [1.82, 2.24) is 0 Å². The molecule has 0 fully saturated rings. The van der Waals surface area contributed by atoms with Crippen molar-refractivity contribution < 1.29 is 9.50 Å². The fourth-order valence-electron chi connectivity index (χ4n) is 2.26. The summed E-state index contributed by atoms with van der Waals surface area (Å²) in [4.78, 5) is 0. The summed E-state index contributed by atoms with van der Waals surface area (Å²) in [7, 11) is 0. The second kappa shape index (κ2) is 6.06. The summed E-state index contributed by atoms with van der Waals surface area (Å²) in [6.07, 6.45) is 0.623. The van der Waals surface area contributed by atoms with Gasteiger partial charge in [0.15, 0.2) is 0 Å². The molecule has 20 heavy (non-hydrogen) atoms. The molecule has 2 rings (SSSR count). The first kappa shape index (κ1) is 14.5. The molecule has 0 amide bonds. The third-order valence-corrected chi connectivity index (χ3v) is 3.32. The van der Waals surface area contributed by atoms with Gasteiger partial charge in [-0.25, -0.2) is 4.39 Å². The second-order valence-electron chi connectivity index (χ2n) is 5.52. The molecular formula is C17H20FNO. The van der Waals surface area contributed by atoms with Gasteiger partial charge in [0.25, 0.3) is 0 Å². The van der Waals surface area contributed by atoms with Crippen molar-refractivity contribution in [3.8, 4) is 0 Å². The van der Waals surface area contributed by atoms with Crippen LogP contribution in [0, 0.1) is 12.7 Å². The summed E-state index contributed by atoms with van der Waals surface area (Å²) in [5, 5.41) is 13.1. The van der Waals surface area contributed by atoms with E-state index >= 15 is 0 Å². The van der Waals surface area contributed by atoms with E-state index in [4.69, 9.17) is 0 Å². The predicted octanol–water partition coefficient (Wildman–Crippen LogP) is 3.54. The molecule has 3 heteroatoms. The van der Waals surface area contributed by atoms with Crippen LogP contribution in [0.1, 0.15) is 18.1 Å². The van der Waals surface area contributed by atoms with Gasteiger partial charge in [-0.1, -0.05) is 24.3 Å². The Labute approximate surface area is 119 Å². The van der Waals surface area contributed by atoms with Crippen molar-refractivity contribution in [1.29, 1.82) is 0 Å². The van der Waals surface area contributed by atoms with E-state index in [0.717, 1.165) is 16.8 Å². The van der Waals surface area contributed by atoms with Gasteiger partial charge >= 0.3 is 0 Å². The van der Waals surface area contributed by atoms with Crippen LogP contribution in [0.5, 0.6) is 0 Å². The molecule has 106 valence electrons. The number of benzene rings is 2. The number of hydrogen-bond donors (Lipinski definition) is 2. The van der Waals surface area contributed by atoms with Gasteiger partial charge in [-0.2, -0.15) is 0 Å². The molecule has 2 N–H and O–H groups in total. The van der Waals surface area contributed by atoms with Crippen molar-refractivity contribution in [2.45, 2.75) is 25.8 Å². The van der Waals surface area contributed by atoms with Crippen molar-refractivity contribution in [3.63, 3.8) is 0 Å². The number of nitrogens with one attached hydrogen (secondary N) is 1. The maximum atomic E-state index is 12.9. The van der Waals surface area contributed by atoms with Crippen LogP contribution >= 0.6 is 0 Å². The molecule has 0 radical (unpaired) electrons. The topological polar surface area (TPSA) is 32.3 Å². The molecular weight excluding hydrogens is 253 g/mol. The molecule has 0 saturated heterocycles. The van der Waals surface area contributed by atoms with Gasteiger partial charge in [-0.05, 0) is 55.7 Å². The molecule has 1 atom stereocenters. The minimum atomic E-state index is -0.481. The highest BCUT2D eigenvalue weighted by molar-refractivity contribution is 5.48. The van der Waals surface area contributed by atoms with Gasteiger partial charge in [-0.3, -0.25) is 0 Å². The van der Waals surface area contributed by atoms with Gasteiger partial charge in [0.2, 0.25) is 0 Å². The zero-order valence-corrected chi connectivity index (χ0v) is 11.9. The molecule has 2 aromatic carbocycles. The van der Waals surface area contributed by atoms with Crippen LogP contribution < -0.4 is 5.32 Å². The Morgan fingerprint density at radius 1 is 1.15 bits per heavy atom. The van der Waals surface area contributed by atoms with Crippen LogP contribution in [0.2, 0.25) is 0 Å². The van der Waals surface area contributed by atoms with E-state index in [-0.39, 0.29) is 12.4 Å². The average Bonchev–Trinajstić information content (AvgIpc) is 2.41. The molecule has 1 unspecified atom stereocenters. The third-order valence-electron chi connectivity index (χ3n) is 3.32. The van der Waals surface area contributed by atoms with Crippen LogP contribution in [0.25, 0.3) is 0 Å². The number of rotatable bonds is 5. The number of hydrogen-bond acceptors (Lipinski definition) is 2. The molecule has 0 saturated carbocycles. The molecule has 0 aromatic heterocycles. The SMILES string of the molecule is Cc1cccc(NC(C)(CO)Cc2ccc(F)cc2)c1. The summed E-state index contributed by atoms with van der Waals surface area (Å²) in [6.45, 7) is 3.98. The summed E-state index contributed by atoms with van der Waals surface area (Å²) < 4.78 is 12.9. The van der Waals surface area contributed by atoms with Crippen LogP contribution in [-0.4, -0.2) is 17.3 Å². The van der Waals surface area contributed by atoms with Crippen LogP contribution in [0.3, 0.4) is 0 Å². The Bertz CT molecular complexity index is 567. The molecule has 0 heterocycles. The van der Waals surface area contributed by atoms with Crippen molar-refractivity contribution in [3.05, 3.63) is 65.5 Å². The van der Waals surface area contributed by atoms with Crippen molar-refractivity contribution >= 4 is 5.69 Å². The van der Waals surface area contributed by atoms with Crippen molar-refractivity contribution in [2.75, 3.05) is 11.9 Å². The number of aryl methyl sites for hydroxylation is 1. The number of aliphatic hydroxyl groups is 1. The lowest BCUT2D eigenvalue weighted by atomic mass is 9.93. The monoisotopic (exact) mass is 273 g/mol. The molecule has 0 spiro atoms. The second-order valence-corrected chi connectivity index (χ2v) is 5.52. The number of aliphatic hydroxyl groups excluding tert-OH is 1. The summed E-state index contributed by atoms with van der Waals surface area (Å²) >= 11 is 0. The minimum absolute atomic E-state index is 0.00167. The van der Waals surface area contributed by atoms with Crippen LogP contribution in [0.4, 0.5) is 10.1 Å². The molecule has 0 aliphatic carbocycles. The highest BCUT2D eigenvalue weighted by Crippen LogP contribution is 2.20. The van der Waals surface area contributed by atoms with E-state index in [1.807, 2.05) is 38.1 Å². The maximum absolute atomic E-state index is 12.9. The molecule has 2 aromatic rings. The summed E-state index contributed by atoms with van der Waals surface area (Å²) in [6, 6.07) is 14.4. The fraction of sp³-hybridized carbons (Fsp3) is 0.294. The van der Waals surface area contributed by atoms with Crippen LogP contribution in [-0.2, 0) is 6.42 Å². The Morgan fingerprint density at radius 3 is 2.45 bits per heavy atom. The lowest BCUT2D eigenvalue weighted by molar-refractivity contribution is 0.222. The Hall–Kier alpha value is -1.87. The standard InChI is InChI=1S/C17H20FNO/c1-13-4-3-5-16(10-13)19-17(2,12-20)11-14-6-8-15(18)9-7-14/h3-10,19-20H,11-12H2,1-2H3. The highest BCUT2D eigenvalue weighted by atomic mass is 19.1. The van der Waals surface area contributed by atoms with Crippen molar-refractivity contribution in [2.24, 2.45) is 0 Å². The first-order chi connectivity index (χ1) is 9.50. The normalized spacial score (nSPS) is 13.8. The Morgan fingerprint density at radius 2 is 1.85 bits per heavy atom. The fourth-order valence-corrected chi connectivity index (χ4v) is 2.26. The van der Waals surface area contributed by atoms with Crippen LogP contribution in [0.15, 0.2) is 48.5 Å². The molecule has 0 aliphatic heterocycles. The number of anilines is 1. The Balaban J connectivity index is 2.14. The maximum Gasteiger partial charge on any atom is 0.123 e. The lowest BCUT2D eigenvalue weighted by Gasteiger charge is -2.30. The average molecular weight is 273 g/mol. The van der Waals surface area contributed by atoms with E-state index in [2.05, 4.69) is 5.32 Å². The van der Waals surface area contributed by atoms with E-state index in [1.54, 1.807) is 12.1 Å². The van der Waals surface area contributed by atoms with Gasteiger partial charge in [0, 0.05) is 5.69 Å². The largest absolute Gasteiger partial charge is 0.394 e. The van der Waals surface area contributed by atoms with Gasteiger partial charge in [-0.15, -0.1) is 0 Å². The molecule has 0 bridgehead atoms. The zero-order chi connectivity index (χ0) is 14.6. The van der Waals surface area contributed by atoms with E-state index < -0.39 is 5.54 Å². The minimum Gasteiger partial charge on any atom is -0.394 e. The predicted molar refractivity (Wildman–Crippen MR) is 80.4 cm³/mol. The lowest BCUT2D eigenvalue weighted by Crippen LogP contribution is -2.41. The molecule has 2 nitrogen and oxygen atoms in total. The van der Waals surface area contributed by atoms with E-state index in [1.165, 1.54) is 12.1 Å². The van der Waals surface area contributed by atoms with E-state index in [9.17, 15) is 9.50 Å². The zero-order valence-electron chi connectivity index (χ0n) is 11.9. The first-order valence-electron chi connectivity index (χ1n) is 6.71.